The summed E-state index contributed by atoms with van der Waals surface area (Å²) in [5.41, 5.74) is 3.00. The van der Waals surface area contributed by atoms with Crippen molar-refractivity contribution in [2.75, 3.05) is 13.3 Å². The molecule has 2 aliphatic heterocycles. The van der Waals surface area contributed by atoms with Gasteiger partial charge in [-0.2, -0.15) is 8.62 Å². The Hall–Kier alpha value is -1.03. The number of hydrogen-bond acceptors (Lipinski definition) is 12. The van der Waals surface area contributed by atoms with E-state index in [0.717, 1.165) is 4.90 Å². The van der Waals surface area contributed by atoms with Crippen LogP contribution in [0.2, 0.25) is 0 Å². The SMILES string of the molecule is C=C1N=C(N)C=CN1[C@@H]1O[C@](CF)(COP(=O)(O)OP(=O)(O)OP(=O)(O)O)[C@@H](O)[C@@H]1O. The highest BCUT2D eigenvalue weighted by Gasteiger charge is 2.57. The van der Waals surface area contributed by atoms with E-state index >= 15 is 0 Å². The van der Waals surface area contributed by atoms with Gasteiger partial charge in [0.05, 0.1) is 6.61 Å². The summed E-state index contributed by atoms with van der Waals surface area (Å²) >= 11 is 0. The molecule has 1 fully saturated rings. The Morgan fingerprint density at radius 3 is 2.35 bits per heavy atom. The molecule has 0 aliphatic carbocycles. The number of aliphatic imine (C=N–C) groups is 1. The van der Waals surface area contributed by atoms with Gasteiger partial charge in [-0.3, -0.25) is 4.52 Å². The lowest BCUT2D eigenvalue weighted by Crippen LogP contribution is -2.48. The number of nitrogens with zero attached hydrogens (tertiary/aromatic N) is 2. The lowest BCUT2D eigenvalue weighted by molar-refractivity contribution is -0.141. The zero-order valence-corrected chi connectivity index (χ0v) is 17.9. The Bertz CT molecular complexity index is 924. The highest BCUT2D eigenvalue weighted by atomic mass is 31.3. The van der Waals surface area contributed by atoms with E-state index in [4.69, 9.17) is 25.2 Å². The molecule has 6 atom stereocenters. The summed E-state index contributed by atoms with van der Waals surface area (Å²) in [4.78, 5) is 40.5. The van der Waals surface area contributed by atoms with Crippen molar-refractivity contribution in [2.45, 2.75) is 24.0 Å². The molecule has 0 saturated carbocycles. The largest absolute Gasteiger partial charge is 0.490 e. The Kier molecular flexibility index (Phi) is 7.68. The summed E-state index contributed by atoms with van der Waals surface area (Å²) in [6.45, 7) is 0.634. The van der Waals surface area contributed by atoms with E-state index in [2.05, 4.69) is 24.7 Å². The number of nitrogens with two attached hydrogens (primary N) is 1. The molecule has 2 aliphatic rings. The number of phosphoric ester groups is 1. The van der Waals surface area contributed by atoms with Crippen molar-refractivity contribution in [3.8, 4) is 0 Å². The van der Waals surface area contributed by atoms with Crippen LogP contribution in [0.3, 0.4) is 0 Å². The van der Waals surface area contributed by atoms with Crippen molar-refractivity contribution in [3.63, 3.8) is 0 Å². The van der Waals surface area contributed by atoms with Gasteiger partial charge in [0.1, 0.15) is 30.5 Å². The highest BCUT2D eigenvalue weighted by Crippen LogP contribution is 2.66. The molecule has 0 aromatic heterocycles. The molecule has 1 saturated heterocycles. The fourth-order valence-electron chi connectivity index (χ4n) is 2.55. The number of ether oxygens (including phenoxy) is 1. The van der Waals surface area contributed by atoms with Gasteiger partial charge in [-0.1, -0.05) is 6.58 Å². The van der Waals surface area contributed by atoms with E-state index < -0.39 is 60.8 Å². The predicted octanol–water partition coefficient (Wildman–Crippen LogP) is -1.23. The van der Waals surface area contributed by atoms with Gasteiger partial charge in [0, 0.05) is 6.20 Å². The number of phosphoric acid groups is 3. The third kappa shape index (κ3) is 6.49. The van der Waals surface area contributed by atoms with Crippen LogP contribution in [0.1, 0.15) is 0 Å². The van der Waals surface area contributed by atoms with Crippen molar-refractivity contribution in [1.82, 2.24) is 4.90 Å². The second-order valence-corrected chi connectivity index (χ2v) is 10.6. The normalized spacial score (nSPS) is 33.1. The number of amidine groups is 1. The molecule has 8 N–H and O–H groups in total. The zero-order chi connectivity index (χ0) is 23.8. The Morgan fingerprint density at radius 2 is 1.84 bits per heavy atom. The maximum Gasteiger partial charge on any atom is 0.490 e. The molecule has 0 bridgehead atoms. The summed E-state index contributed by atoms with van der Waals surface area (Å²) in [7, 11) is -17.0. The molecule has 0 spiro atoms. The van der Waals surface area contributed by atoms with Crippen LogP contribution in [0.15, 0.2) is 29.7 Å². The topological polar surface area (TPSA) is 251 Å². The lowest BCUT2D eigenvalue weighted by Gasteiger charge is -2.32. The maximum atomic E-state index is 13.8. The predicted molar refractivity (Wildman–Crippen MR) is 97.2 cm³/mol. The smallest absolute Gasteiger partial charge is 0.387 e. The van der Waals surface area contributed by atoms with Crippen LogP contribution in [0.5, 0.6) is 0 Å². The van der Waals surface area contributed by atoms with Gasteiger partial charge >= 0.3 is 23.5 Å². The van der Waals surface area contributed by atoms with Crippen LogP contribution < -0.4 is 5.73 Å². The van der Waals surface area contributed by atoms with Gasteiger partial charge in [-0.05, 0) is 6.08 Å². The average molecular weight is 513 g/mol. The molecule has 2 heterocycles. The number of alkyl halides is 1. The van der Waals surface area contributed by atoms with E-state index in [1.807, 2.05) is 0 Å². The molecule has 20 heteroatoms. The number of hydrogen-bond donors (Lipinski definition) is 7. The van der Waals surface area contributed by atoms with E-state index in [0.29, 0.717) is 0 Å². The van der Waals surface area contributed by atoms with Crippen LogP contribution in [-0.4, -0.2) is 77.8 Å². The molecular formula is C11H19FN3O13P3. The molecule has 2 rings (SSSR count). The summed E-state index contributed by atoms with van der Waals surface area (Å²) < 4.78 is 64.3. The second-order valence-electron chi connectivity index (χ2n) is 6.18. The van der Waals surface area contributed by atoms with Gasteiger partial charge in [0.15, 0.2) is 11.8 Å². The molecule has 0 aromatic carbocycles. The maximum absolute atomic E-state index is 13.8. The van der Waals surface area contributed by atoms with Gasteiger partial charge in [-0.15, -0.1) is 0 Å². The Labute approximate surface area is 173 Å². The van der Waals surface area contributed by atoms with Gasteiger partial charge in [-0.25, -0.2) is 23.1 Å². The average Bonchev–Trinajstić information content (AvgIpc) is 2.82. The van der Waals surface area contributed by atoms with Crippen LogP contribution in [0.4, 0.5) is 4.39 Å². The second kappa shape index (κ2) is 9.08. The molecule has 2 unspecified atom stereocenters. The fourth-order valence-corrected chi connectivity index (χ4v) is 5.63. The van der Waals surface area contributed by atoms with Crippen LogP contribution >= 0.6 is 23.5 Å². The minimum atomic E-state index is -5.81. The van der Waals surface area contributed by atoms with Crippen LogP contribution in [0.25, 0.3) is 0 Å². The van der Waals surface area contributed by atoms with Gasteiger partial charge < -0.3 is 45.2 Å². The molecule has 0 amide bonds. The monoisotopic (exact) mass is 513 g/mol. The Morgan fingerprint density at radius 1 is 1.23 bits per heavy atom. The standard InChI is InChI=1S/C11H19FN3O13P3/c1-6-14-7(13)2-3-15(6)10-8(16)9(17)11(4-12,26-10)5-25-30(21,22)28-31(23,24)27-29(18,19)20/h2-3,8-10,16-17H,1,4-5H2,(H2,13,14)(H,21,22)(H,23,24)(H2,18,19,20)/t8-,9-,10+,11+/m0/s1. The van der Waals surface area contributed by atoms with E-state index in [1.165, 1.54) is 12.3 Å². The first-order chi connectivity index (χ1) is 14.0. The molecule has 0 radical (unpaired) electrons. The molecule has 178 valence electrons. The summed E-state index contributed by atoms with van der Waals surface area (Å²) in [6.07, 6.45) is -2.85. The van der Waals surface area contributed by atoms with Gasteiger partial charge in [0.2, 0.25) is 0 Å². The molecule has 0 aromatic rings. The third-order valence-electron chi connectivity index (χ3n) is 3.86. The third-order valence-corrected chi connectivity index (χ3v) is 7.64. The number of aliphatic hydroxyl groups is 2. The first kappa shape index (κ1) is 26.2. The highest BCUT2D eigenvalue weighted by molar-refractivity contribution is 7.66. The number of aliphatic hydroxyl groups excluding tert-OH is 2. The molecular weight excluding hydrogens is 494 g/mol. The van der Waals surface area contributed by atoms with Crippen LogP contribution in [-0.2, 0) is 31.6 Å². The zero-order valence-electron chi connectivity index (χ0n) is 15.2. The van der Waals surface area contributed by atoms with E-state index in [9.17, 15) is 33.2 Å². The van der Waals surface area contributed by atoms with Crippen molar-refractivity contribution >= 4 is 29.3 Å². The molecule has 31 heavy (non-hydrogen) atoms. The molecule has 16 nitrogen and oxygen atoms in total. The van der Waals surface area contributed by atoms with Gasteiger partial charge in [0.25, 0.3) is 0 Å². The summed E-state index contributed by atoms with van der Waals surface area (Å²) in [5.74, 6) is -0.00232. The lowest BCUT2D eigenvalue weighted by atomic mass is 9.97. The summed E-state index contributed by atoms with van der Waals surface area (Å²) in [5, 5.41) is 20.5. The summed E-state index contributed by atoms with van der Waals surface area (Å²) in [6, 6.07) is 0. The van der Waals surface area contributed by atoms with E-state index in [1.54, 1.807) is 0 Å². The minimum Gasteiger partial charge on any atom is -0.387 e. The van der Waals surface area contributed by atoms with Crippen molar-refractivity contribution in [3.05, 3.63) is 24.7 Å². The quantitative estimate of drug-likeness (QED) is 0.178. The fraction of sp³-hybridized carbons (Fsp3) is 0.545. The first-order valence-electron chi connectivity index (χ1n) is 7.89. The first-order valence-corrected chi connectivity index (χ1v) is 12.4. The number of halogens is 1. The van der Waals surface area contributed by atoms with Crippen molar-refractivity contribution < 1.29 is 65.8 Å². The van der Waals surface area contributed by atoms with Crippen molar-refractivity contribution in [1.29, 1.82) is 0 Å². The van der Waals surface area contributed by atoms with Crippen molar-refractivity contribution in [2.24, 2.45) is 10.7 Å². The minimum absolute atomic E-state index is 0.0544. The Balaban J connectivity index is 2.14. The van der Waals surface area contributed by atoms with E-state index in [-0.39, 0.29) is 11.7 Å². The number of rotatable bonds is 9. The van der Waals surface area contributed by atoms with Crippen LogP contribution in [0, 0.1) is 0 Å².